The Morgan fingerprint density at radius 1 is 1.43 bits per heavy atom. The summed E-state index contributed by atoms with van der Waals surface area (Å²) in [6.45, 7) is 3.43. The van der Waals surface area contributed by atoms with Crippen LogP contribution in [0.5, 0.6) is 5.75 Å². The highest BCUT2D eigenvalue weighted by atomic mass is 19.4. The first kappa shape index (κ1) is 15.6. The fourth-order valence-electron chi connectivity index (χ4n) is 2.60. The van der Waals surface area contributed by atoms with Crippen molar-refractivity contribution in [3.63, 3.8) is 0 Å². The first-order chi connectivity index (χ1) is 9.81. The summed E-state index contributed by atoms with van der Waals surface area (Å²) < 4.78 is 47.2. The van der Waals surface area contributed by atoms with Gasteiger partial charge in [0, 0.05) is 12.0 Å². The zero-order valence-electron chi connectivity index (χ0n) is 11.5. The van der Waals surface area contributed by atoms with Crippen LogP contribution in [0.25, 0.3) is 0 Å². The van der Waals surface area contributed by atoms with Crippen molar-refractivity contribution >= 4 is 5.78 Å². The number of ketones is 1. The molecule has 1 aliphatic rings. The van der Waals surface area contributed by atoms with Crippen LogP contribution in [0.1, 0.15) is 28.8 Å². The van der Waals surface area contributed by atoms with Crippen LogP contribution in [0.4, 0.5) is 13.2 Å². The minimum Gasteiger partial charge on any atom is -0.497 e. The Morgan fingerprint density at radius 2 is 2.14 bits per heavy atom. The van der Waals surface area contributed by atoms with Crippen LogP contribution in [0.3, 0.4) is 0 Å². The number of Topliss-reactive ketones (excluding diaryl/α,β-unsaturated/α-hetero) is 1. The summed E-state index contributed by atoms with van der Waals surface area (Å²) in [5.74, 6) is -0.261. The molecule has 0 N–H and O–H groups in total. The van der Waals surface area contributed by atoms with E-state index in [0.717, 1.165) is 0 Å². The highest BCUT2D eigenvalue weighted by Gasteiger charge is 2.50. The molecule has 1 aromatic rings. The van der Waals surface area contributed by atoms with E-state index in [2.05, 4.69) is 11.3 Å². The molecule has 3 nitrogen and oxygen atoms in total. The minimum absolute atomic E-state index is 0.0311. The molecule has 0 saturated heterocycles. The Morgan fingerprint density at radius 3 is 2.71 bits per heavy atom. The standard InChI is InChI=1S/C15H15F3O3/c1-3-7-14(21-15(16,17)18)8-6-10-4-5-11(20-2)9-12(10)13(14)19/h3-5,9H,1,6-8H2,2H3. The van der Waals surface area contributed by atoms with Crippen molar-refractivity contribution in [2.45, 2.75) is 31.2 Å². The molecule has 0 radical (unpaired) electrons. The van der Waals surface area contributed by atoms with E-state index in [4.69, 9.17) is 4.74 Å². The van der Waals surface area contributed by atoms with Gasteiger partial charge >= 0.3 is 6.36 Å². The number of benzene rings is 1. The van der Waals surface area contributed by atoms with Gasteiger partial charge in [-0.05, 0) is 30.5 Å². The van der Waals surface area contributed by atoms with E-state index in [9.17, 15) is 18.0 Å². The first-order valence-corrected chi connectivity index (χ1v) is 6.41. The van der Waals surface area contributed by atoms with Gasteiger partial charge in [-0.15, -0.1) is 19.8 Å². The van der Waals surface area contributed by atoms with Crippen molar-refractivity contribution in [3.05, 3.63) is 42.0 Å². The average molecular weight is 300 g/mol. The zero-order chi connectivity index (χ0) is 15.7. The summed E-state index contributed by atoms with van der Waals surface area (Å²) in [5.41, 5.74) is -1.02. The predicted octanol–water partition coefficient (Wildman–Crippen LogP) is 3.68. The topological polar surface area (TPSA) is 35.5 Å². The third-order valence-corrected chi connectivity index (χ3v) is 3.56. The maximum atomic E-state index is 12.7. The van der Waals surface area contributed by atoms with Gasteiger partial charge in [0.05, 0.1) is 7.11 Å². The summed E-state index contributed by atoms with van der Waals surface area (Å²) in [7, 11) is 1.43. The molecule has 1 aromatic carbocycles. The van der Waals surface area contributed by atoms with E-state index in [1.807, 2.05) is 0 Å². The van der Waals surface area contributed by atoms with Crippen molar-refractivity contribution in [2.24, 2.45) is 0 Å². The van der Waals surface area contributed by atoms with Crippen LogP contribution in [0, 0.1) is 0 Å². The molecule has 0 spiro atoms. The maximum absolute atomic E-state index is 12.7. The number of hydrogen-bond donors (Lipinski definition) is 0. The van der Waals surface area contributed by atoms with Gasteiger partial charge in [-0.25, -0.2) is 0 Å². The highest BCUT2D eigenvalue weighted by molar-refractivity contribution is 6.05. The fraction of sp³-hybridized carbons (Fsp3) is 0.400. The van der Waals surface area contributed by atoms with Crippen LogP contribution in [-0.2, 0) is 11.2 Å². The van der Waals surface area contributed by atoms with Crippen molar-refractivity contribution in [3.8, 4) is 5.75 Å². The minimum atomic E-state index is -4.88. The second-order valence-electron chi connectivity index (χ2n) is 4.89. The van der Waals surface area contributed by atoms with Crippen molar-refractivity contribution < 1.29 is 27.4 Å². The van der Waals surface area contributed by atoms with Gasteiger partial charge in [-0.3, -0.25) is 9.53 Å². The van der Waals surface area contributed by atoms with Gasteiger partial charge in [-0.1, -0.05) is 12.1 Å². The molecule has 6 heteroatoms. The smallest absolute Gasteiger partial charge is 0.497 e. The number of methoxy groups -OCH3 is 1. The van der Waals surface area contributed by atoms with Gasteiger partial charge in [0.2, 0.25) is 0 Å². The van der Waals surface area contributed by atoms with E-state index in [0.29, 0.717) is 17.7 Å². The zero-order valence-corrected chi connectivity index (χ0v) is 11.5. The SMILES string of the molecule is C=CCC1(OC(F)(F)F)CCc2ccc(OC)cc2C1=O. The molecule has 114 valence electrons. The van der Waals surface area contributed by atoms with Gasteiger partial charge in [0.25, 0.3) is 0 Å². The number of ether oxygens (including phenoxy) is 2. The van der Waals surface area contributed by atoms with Crippen LogP contribution in [0.15, 0.2) is 30.9 Å². The number of hydrogen-bond acceptors (Lipinski definition) is 3. The lowest BCUT2D eigenvalue weighted by molar-refractivity contribution is -0.357. The van der Waals surface area contributed by atoms with E-state index < -0.39 is 17.7 Å². The van der Waals surface area contributed by atoms with Crippen molar-refractivity contribution in [1.82, 2.24) is 0 Å². The average Bonchev–Trinajstić information content (AvgIpc) is 2.41. The second kappa shape index (κ2) is 5.52. The number of halogens is 3. The van der Waals surface area contributed by atoms with Crippen LogP contribution >= 0.6 is 0 Å². The number of aryl methyl sites for hydroxylation is 1. The third kappa shape index (κ3) is 3.10. The van der Waals surface area contributed by atoms with Gasteiger partial charge < -0.3 is 4.74 Å². The Labute approximate surface area is 120 Å². The van der Waals surface area contributed by atoms with Gasteiger partial charge in [-0.2, -0.15) is 0 Å². The lowest BCUT2D eigenvalue weighted by atomic mass is 9.77. The van der Waals surface area contributed by atoms with Gasteiger partial charge in [0.15, 0.2) is 5.78 Å². The first-order valence-electron chi connectivity index (χ1n) is 6.41. The normalized spacial score (nSPS) is 21.8. The molecule has 0 heterocycles. The molecular formula is C15H15F3O3. The molecule has 0 fully saturated rings. The van der Waals surface area contributed by atoms with Crippen LogP contribution < -0.4 is 4.74 Å². The summed E-state index contributed by atoms with van der Waals surface area (Å²) in [6, 6.07) is 4.82. The molecule has 2 rings (SSSR count). The van der Waals surface area contributed by atoms with Crippen LogP contribution in [0.2, 0.25) is 0 Å². The van der Waals surface area contributed by atoms with Crippen LogP contribution in [-0.4, -0.2) is 24.9 Å². The monoisotopic (exact) mass is 300 g/mol. The molecule has 0 saturated carbocycles. The molecule has 21 heavy (non-hydrogen) atoms. The molecular weight excluding hydrogens is 285 g/mol. The quantitative estimate of drug-likeness (QED) is 0.796. The number of carbonyl (C=O) groups is 1. The summed E-state index contributed by atoms with van der Waals surface area (Å²) in [4.78, 5) is 12.5. The third-order valence-electron chi connectivity index (χ3n) is 3.56. The molecule has 1 atom stereocenters. The van der Waals surface area contributed by atoms with Crippen molar-refractivity contribution in [2.75, 3.05) is 7.11 Å². The Balaban J connectivity index is 2.45. The van der Waals surface area contributed by atoms with Crippen molar-refractivity contribution in [1.29, 1.82) is 0 Å². The lowest BCUT2D eigenvalue weighted by Crippen LogP contribution is -2.48. The van der Waals surface area contributed by atoms with E-state index in [1.165, 1.54) is 19.3 Å². The molecule has 1 unspecified atom stereocenters. The number of alkyl halides is 3. The highest BCUT2D eigenvalue weighted by Crippen LogP contribution is 2.39. The maximum Gasteiger partial charge on any atom is 0.523 e. The number of rotatable bonds is 4. The fourth-order valence-corrected chi connectivity index (χ4v) is 2.60. The largest absolute Gasteiger partial charge is 0.523 e. The molecule has 0 bridgehead atoms. The van der Waals surface area contributed by atoms with E-state index in [-0.39, 0.29) is 18.4 Å². The Kier molecular flexibility index (Phi) is 4.09. The predicted molar refractivity (Wildman–Crippen MR) is 70.3 cm³/mol. The lowest BCUT2D eigenvalue weighted by Gasteiger charge is -2.36. The molecule has 0 aromatic heterocycles. The van der Waals surface area contributed by atoms with Gasteiger partial charge in [0.1, 0.15) is 11.4 Å². The Hall–Kier alpha value is -1.82. The Bertz CT molecular complexity index is 566. The number of carbonyl (C=O) groups excluding carboxylic acids is 1. The summed E-state index contributed by atoms with van der Waals surface area (Å²) in [6.07, 6.45) is -3.50. The van der Waals surface area contributed by atoms with E-state index >= 15 is 0 Å². The summed E-state index contributed by atoms with van der Waals surface area (Å²) >= 11 is 0. The molecule has 0 aliphatic heterocycles. The molecule has 0 amide bonds. The van der Waals surface area contributed by atoms with E-state index in [1.54, 1.807) is 12.1 Å². The summed E-state index contributed by atoms with van der Waals surface area (Å²) in [5, 5.41) is 0. The number of fused-ring (bicyclic) bond motifs is 1. The second-order valence-corrected chi connectivity index (χ2v) is 4.89. The molecule has 1 aliphatic carbocycles.